The van der Waals surface area contributed by atoms with E-state index in [9.17, 15) is 9.90 Å². The van der Waals surface area contributed by atoms with Gasteiger partial charge in [0.1, 0.15) is 17.8 Å². The Bertz CT molecular complexity index is 685. The molecule has 1 aliphatic heterocycles. The summed E-state index contributed by atoms with van der Waals surface area (Å²) in [7, 11) is 3.48. The smallest absolute Gasteiger partial charge is 0.236 e. The summed E-state index contributed by atoms with van der Waals surface area (Å²) >= 11 is 0. The molecule has 8 heteroatoms. The van der Waals surface area contributed by atoms with Gasteiger partial charge >= 0.3 is 0 Å². The zero-order chi connectivity index (χ0) is 16.4. The predicted octanol–water partition coefficient (Wildman–Crippen LogP) is -0.107. The van der Waals surface area contributed by atoms with Crippen LogP contribution in [0.5, 0.6) is 0 Å². The van der Waals surface area contributed by atoms with Crippen LogP contribution in [-0.2, 0) is 4.79 Å². The van der Waals surface area contributed by atoms with Gasteiger partial charge < -0.3 is 20.3 Å². The fraction of sp³-hybridized carbons (Fsp3) is 0.533. The van der Waals surface area contributed by atoms with Crippen molar-refractivity contribution in [1.29, 1.82) is 0 Å². The molecule has 0 unspecified atom stereocenters. The second-order valence-corrected chi connectivity index (χ2v) is 6.09. The summed E-state index contributed by atoms with van der Waals surface area (Å²) in [6, 6.07) is 1.82. The number of aliphatic hydroxyl groups is 1. The number of likely N-dealkylation sites (tertiary alicyclic amines) is 1. The van der Waals surface area contributed by atoms with Gasteiger partial charge in [0.2, 0.25) is 5.91 Å². The van der Waals surface area contributed by atoms with Crippen molar-refractivity contribution >= 4 is 22.8 Å². The standard InChI is InChI=1S/C15H22N6O2/c1-20(2)13(23)8-21-6-4-11(12(22)7-21)19-15-10-3-5-16-14(10)17-9-18-15/h3,5,9,11-12,22H,4,6-8H2,1-2H3,(H2,16,17,18,19)/t11-,12-/m1/s1. The normalized spacial score (nSPS) is 22.2. The number of carbonyl (C=O) groups is 1. The zero-order valence-electron chi connectivity index (χ0n) is 13.4. The third-order valence-electron chi connectivity index (χ3n) is 4.20. The molecule has 0 aromatic carbocycles. The molecule has 1 aliphatic rings. The average molecular weight is 318 g/mol. The van der Waals surface area contributed by atoms with Crippen LogP contribution in [0.4, 0.5) is 5.82 Å². The van der Waals surface area contributed by atoms with Gasteiger partial charge in [0, 0.05) is 33.4 Å². The number of fused-ring (bicyclic) bond motifs is 1. The minimum absolute atomic E-state index is 0.0495. The lowest BCUT2D eigenvalue weighted by Crippen LogP contribution is -2.52. The molecule has 0 spiro atoms. The molecule has 3 heterocycles. The summed E-state index contributed by atoms with van der Waals surface area (Å²) in [5.74, 6) is 0.770. The Morgan fingerprint density at radius 2 is 2.35 bits per heavy atom. The molecule has 1 fully saturated rings. The highest BCUT2D eigenvalue weighted by atomic mass is 16.3. The molecule has 1 amide bonds. The maximum Gasteiger partial charge on any atom is 0.236 e. The number of H-pyrrole nitrogens is 1. The molecule has 0 radical (unpaired) electrons. The monoisotopic (exact) mass is 318 g/mol. The zero-order valence-corrected chi connectivity index (χ0v) is 13.4. The summed E-state index contributed by atoms with van der Waals surface area (Å²) in [6.07, 6.45) is 3.51. The first-order chi connectivity index (χ1) is 11.0. The SMILES string of the molecule is CN(C)C(=O)CN1CC[C@@H](Nc2ncnc3[nH]ccc23)[C@H](O)C1. The number of nitrogens with one attached hydrogen (secondary N) is 2. The third kappa shape index (κ3) is 3.43. The van der Waals surface area contributed by atoms with E-state index in [1.165, 1.54) is 6.33 Å². The first-order valence-corrected chi connectivity index (χ1v) is 7.70. The van der Waals surface area contributed by atoms with E-state index in [0.29, 0.717) is 13.1 Å². The second kappa shape index (κ2) is 6.51. The molecule has 0 bridgehead atoms. The summed E-state index contributed by atoms with van der Waals surface area (Å²) in [5, 5.41) is 14.6. The van der Waals surface area contributed by atoms with E-state index in [-0.39, 0.29) is 11.9 Å². The van der Waals surface area contributed by atoms with Crippen LogP contribution in [0.1, 0.15) is 6.42 Å². The number of hydrogen-bond donors (Lipinski definition) is 3. The first-order valence-electron chi connectivity index (χ1n) is 7.70. The number of anilines is 1. The number of aliphatic hydroxyl groups excluding tert-OH is 1. The van der Waals surface area contributed by atoms with Crippen molar-refractivity contribution in [2.24, 2.45) is 0 Å². The molecular formula is C15H22N6O2. The molecule has 1 saturated heterocycles. The minimum Gasteiger partial charge on any atom is -0.390 e. The van der Waals surface area contributed by atoms with Gasteiger partial charge in [0.15, 0.2) is 0 Å². The third-order valence-corrected chi connectivity index (χ3v) is 4.20. The Hall–Kier alpha value is -2.19. The lowest BCUT2D eigenvalue weighted by Gasteiger charge is -2.36. The summed E-state index contributed by atoms with van der Waals surface area (Å²) in [5.41, 5.74) is 0.769. The number of β-amino-alcohol motifs (C(OH)–C–C–N with tert-alkyl or cyclic N) is 1. The van der Waals surface area contributed by atoms with Crippen molar-refractivity contribution < 1.29 is 9.90 Å². The van der Waals surface area contributed by atoms with E-state index in [4.69, 9.17) is 0 Å². The molecule has 0 saturated carbocycles. The van der Waals surface area contributed by atoms with Crippen molar-refractivity contribution in [1.82, 2.24) is 24.8 Å². The molecule has 3 rings (SSSR count). The van der Waals surface area contributed by atoms with Crippen LogP contribution in [0.15, 0.2) is 18.6 Å². The molecule has 23 heavy (non-hydrogen) atoms. The number of amides is 1. The van der Waals surface area contributed by atoms with Crippen LogP contribution in [-0.4, -0.2) is 81.6 Å². The van der Waals surface area contributed by atoms with Crippen LogP contribution in [0.3, 0.4) is 0 Å². The Labute approximate surface area is 134 Å². The number of piperidine rings is 1. The van der Waals surface area contributed by atoms with E-state index < -0.39 is 6.10 Å². The summed E-state index contributed by atoms with van der Waals surface area (Å²) < 4.78 is 0. The van der Waals surface area contributed by atoms with Gasteiger partial charge in [-0.25, -0.2) is 9.97 Å². The van der Waals surface area contributed by atoms with Gasteiger partial charge in [-0.05, 0) is 12.5 Å². The fourth-order valence-corrected chi connectivity index (χ4v) is 2.80. The number of carbonyl (C=O) groups excluding carboxylic acids is 1. The van der Waals surface area contributed by atoms with Crippen LogP contribution in [0.25, 0.3) is 11.0 Å². The first kappa shape index (κ1) is 15.7. The van der Waals surface area contributed by atoms with Gasteiger partial charge in [0.05, 0.1) is 24.1 Å². The maximum absolute atomic E-state index is 11.8. The number of nitrogens with zero attached hydrogens (tertiary/aromatic N) is 4. The van der Waals surface area contributed by atoms with E-state index >= 15 is 0 Å². The van der Waals surface area contributed by atoms with E-state index in [1.807, 2.05) is 17.2 Å². The van der Waals surface area contributed by atoms with Crippen molar-refractivity contribution in [2.75, 3.05) is 39.0 Å². The van der Waals surface area contributed by atoms with Crippen LogP contribution in [0, 0.1) is 0 Å². The van der Waals surface area contributed by atoms with E-state index in [2.05, 4.69) is 20.3 Å². The van der Waals surface area contributed by atoms with Gasteiger partial charge in [-0.2, -0.15) is 0 Å². The topological polar surface area (TPSA) is 97.4 Å². The largest absolute Gasteiger partial charge is 0.390 e. The van der Waals surface area contributed by atoms with Crippen LogP contribution in [0.2, 0.25) is 0 Å². The van der Waals surface area contributed by atoms with Crippen LogP contribution < -0.4 is 5.32 Å². The highest BCUT2D eigenvalue weighted by Gasteiger charge is 2.29. The lowest BCUT2D eigenvalue weighted by molar-refractivity contribution is -0.130. The van der Waals surface area contributed by atoms with Crippen LogP contribution >= 0.6 is 0 Å². The number of hydrogen-bond acceptors (Lipinski definition) is 6. The van der Waals surface area contributed by atoms with E-state index in [0.717, 1.165) is 29.8 Å². The van der Waals surface area contributed by atoms with Crippen molar-refractivity contribution in [3.05, 3.63) is 18.6 Å². The summed E-state index contributed by atoms with van der Waals surface area (Å²) in [6.45, 7) is 1.57. The van der Waals surface area contributed by atoms with Crippen molar-refractivity contribution in [3.8, 4) is 0 Å². The quantitative estimate of drug-likeness (QED) is 0.728. The average Bonchev–Trinajstić information content (AvgIpc) is 2.99. The van der Waals surface area contributed by atoms with Gasteiger partial charge in [-0.15, -0.1) is 0 Å². The lowest BCUT2D eigenvalue weighted by atomic mass is 10.0. The Morgan fingerprint density at radius 3 is 3.09 bits per heavy atom. The molecule has 0 aliphatic carbocycles. The minimum atomic E-state index is -0.553. The van der Waals surface area contributed by atoms with Crippen molar-refractivity contribution in [3.63, 3.8) is 0 Å². The molecule has 124 valence electrons. The predicted molar refractivity (Wildman–Crippen MR) is 87.1 cm³/mol. The molecule has 3 N–H and O–H groups in total. The fourth-order valence-electron chi connectivity index (χ4n) is 2.80. The molecule has 2 aromatic heterocycles. The number of likely N-dealkylation sites (N-methyl/N-ethyl adjacent to an activating group) is 1. The molecule has 2 atom stereocenters. The van der Waals surface area contributed by atoms with Gasteiger partial charge in [0.25, 0.3) is 0 Å². The Morgan fingerprint density at radius 1 is 1.52 bits per heavy atom. The molecule has 8 nitrogen and oxygen atoms in total. The molecule has 2 aromatic rings. The maximum atomic E-state index is 11.8. The van der Waals surface area contributed by atoms with E-state index in [1.54, 1.807) is 19.0 Å². The summed E-state index contributed by atoms with van der Waals surface area (Å²) in [4.78, 5) is 26.8. The Balaban J connectivity index is 1.63. The number of rotatable bonds is 4. The highest BCUT2D eigenvalue weighted by molar-refractivity contribution is 5.86. The molecular weight excluding hydrogens is 296 g/mol. The van der Waals surface area contributed by atoms with Crippen molar-refractivity contribution in [2.45, 2.75) is 18.6 Å². The van der Waals surface area contributed by atoms with Gasteiger partial charge in [-0.3, -0.25) is 9.69 Å². The number of aromatic amines is 1. The second-order valence-electron chi connectivity index (χ2n) is 6.09. The van der Waals surface area contributed by atoms with Gasteiger partial charge in [-0.1, -0.05) is 0 Å². The number of aromatic nitrogens is 3. The highest BCUT2D eigenvalue weighted by Crippen LogP contribution is 2.21. The Kier molecular flexibility index (Phi) is 4.44.